The average molecular weight is 404 g/mol. The number of benzene rings is 1. The number of likely N-dealkylation sites (N-methyl/N-ethyl adjacent to an activating group) is 1. The van der Waals surface area contributed by atoms with Gasteiger partial charge in [0, 0.05) is 25.8 Å². The van der Waals surface area contributed by atoms with Crippen molar-refractivity contribution >= 4 is 34.2 Å². The predicted molar refractivity (Wildman–Crippen MR) is 91.8 cm³/mol. The van der Waals surface area contributed by atoms with Gasteiger partial charge in [-0.15, -0.1) is 12.4 Å². The summed E-state index contributed by atoms with van der Waals surface area (Å²) in [6.45, 7) is 1.73. The van der Waals surface area contributed by atoms with Crippen LogP contribution in [0.25, 0.3) is 5.69 Å². The first-order chi connectivity index (χ1) is 10.6. The molecule has 1 aromatic heterocycles. The Morgan fingerprint density at radius 1 is 1.43 bits per heavy atom. The Morgan fingerprint density at radius 2 is 2.13 bits per heavy atom. The number of nitrogens with one attached hydrogen (secondary N) is 1. The highest BCUT2D eigenvalue weighted by atomic mass is 79.9. The Labute approximate surface area is 148 Å². The van der Waals surface area contributed by atoms with E-state index >= 15 is 0 Å². The molecular weight excluding hydrogens is 387 g/mol. The van der Waals surface area contributed by atoms with Crippen molar-refractivity contribution in [2.24, 2.45) is 0 Å². The van der Waals surface area contributed by atoms with E-state index in [1.807, 2.05) is 0 Å². The fourth-order valence-electron chi connectivity index (χ4n) is 2.53. The smallest absolute Gasteiger partial charge is 0.275 e. The van der Waals surface area contributed by atoms with Crippen molar-refractivity contribution in [3.63, 3.8) is 0 Å². The van der Waals surface area contributed by atoms with E-state index in [1.165, 1.54) is 12.1 Å². The lowest BCUT2D eigenvalue weighted by atomic mass is 10.2. The van der Waals surface area contributed by atoms with Gasteiger partial charge in [-0.05, 0) is 53.2 Å². The fraction of sp³-hybridized carbons (Fsp3) is 0.333. The van der Waals surface area contributed by atoms with E-state index in [1.54, 1.807) is 35.0 Å². The maximum absolute atomic E-state index is 13.0. The summed E-state index contributed by atoms with van der Waals surface area (Å²) in [6, 6.07) is 6.16. The SMILES string of the molecule is CN(C(=O)c1nn(-c2ccc(F)cc2)cc1Br)C1CCNC1.Cl. The Kier molecular flexibility index (Phi) is 5.78. The first-order valence-electron chi connectivity index (χ1n) is 7.05. The maximum atomic E-state index is 13.0. The van der Waals surface area contributed by atoms with Crippen LogP contribution in [-0.2, 0) is 0 Å². The number of hydrogen-bond donors (Lipinski definition) is 1. The summed E-state index contributed by atoms with van der Waals surface area (Å²) in [5, 5.41) is 7.58. The van der Waals surface area contributed by atoms with Crippen LogP contribution in [0.15, 0.2) is 34.9 Å². The molecular formula is C15H17BrClFN4O. The van der Waals surface area contributed by atoms with Crippen molar-refractivity contribution in [3.05, 3.63) is 46.4 Å². The monoisotopic (exact) mass is 402 g/mol. The van der Waals surface area contributed by atoms with Gasteiger partial charge >= 0.3 is 0 Å². The highest BCUT2D eigenvalue weighted by molar-refractivity contribution is 9.10. The van der Waals surface area contributed by atoms with Crippen LogP contribution in [0.1, 0.15) is 16.9 Å². The van der Waals surface area contributed by atoms with Crippen LogP contribution < -0.4 is 5.32 Å². The Balaban J connectivity index is 0.00000192. The van der Waals surface area contributed by atoms with Crippen LogP contribution in [0.5, 0.6) is 0 Å². The lowest BCUT2D eigenvalue weighted by Gasteiger charge is -2.22. The van der Waals surface area contributed by atoms with E-state index in [9.17, 15) is 9.18 Å². The van der Waals surface area contributed by atoms with Gasteiger partial charge in [-0.2, -0.15) is 5.10 Å². The van der Waals surface area contributed by atoms with Gasteiger partial charge in [0.15, 0.2) is 5.69 Å². The second-order valence-corrected chi connectivity index (χ2v) is 6.16. The van der Waals surface area contributed by atoms with Crippen molar-refractivity contribution in [2.75, 3.05) is 20.1 Å². The Bertz CT molecular complexity index is 685. The first-order valence-corrected chi connectivity index (χ1v) is 7.84. The minimum Gasteiger partial charge on any atom is -0.336 e. The standard InChI is InChI=1S/C15H16BrFN4O.ClH/c1-20(12-6-7-18-8-12)15(22)14-13(16)9-21(19-14)11-4-2-10(17)3-5-11;/h2-5,9,12,18H,6-8H2,1H3;1H. The molecule has 1 atom stereocenters. The number of rotatable bonds is 3. The molecule has 3 rings (SSSR count). The number of halogens is 3. The van der Waals surface area contributed by atoms with E-state index in [0.29, 0.717) is 15.9 Å². The van der Waals surface area contributed by atoms with Gasteiger partial charge in [-0.1, -0.05) is 0 Å². The summed E-state index contributed by atoms with van der Waals surface area (Å²) < 4.78 is 15.2. The summed E-state index contributed by atoms with van der Waals surface area (Å²) in [5.74, 6) is -0.429. The molecule has 1 aromatic carbocycles. The molecule has 0 saturated carbocycles. The van der Waals surface area contributed by atoms with Crippen LogP contribution in [0.4, 0.5) is 4.39 Å². The quantitative estimate of drug-likeness (QED) is 0.857. The third kappa shape index (κ3) is 3.73. The molecule has 0 bridgehead atoms. The molecule has 5 nitrogen and oxygen atoms in total. The molecule has 124 valence electrons. The zero-order valence-electron chi connectivity index (χ0n) is 12.5. The van der Waals surface area contributed by atoms with Crippen LogP contribution in [0, 0.1) is 5.82 Å². The summed E-state index contributed by atoms with van der Waals surface area (Å²) in [7, 11) is 1.79. The van der Waals surface area contributed by atoms with Gasteiger partial charge in [-0.3, -0.25) is 4.79 Å². The van der Waals surface area contributed by atoms with Gasteiger partial charge in [0.25, 0.3) is 5.91 Å². The topological polar surface area (TPSA) is 50.2 Å². The third-order valence-electron chi connectivity index (χ3n) is 3.87. The molecule has 1 saturated heterocycles. The molecule has 1 amide bonds. The fourth-order valence-corrected chi connectivity index (χ4v) is 2.97. The Hall–Kier alpha value is -1.44. The summed E-state index contributed by atoms with van der Waals surface area (Å²) >= 11 is 3.39. The molecule has 8 heteroatoms. The molecule has 1 unspecified atom stereocenters. The number of amides is 1. The van der Waals surface area contributed by atoms with Crippen LogP contribution in [0.2, 0.25) is 0 Å². The third-order valence-corrected chi connectivity index (χ3v) is 4.45. The number of carbonyl (C=O) groups excluding carboxylic acids is 1. The normalized spacial score (nSPS) is 16.9. The molecule has 0 radical (unpaired) electrons. The van der Waals surface area contributed by atoms with Crippen molar-refractivity contribution in [1.82, 2.24) is 20.0 Å². The van der Waals surface area contributed by atoms with Crippen LogP contribution in [0.3, 0.4) is 0 Å². The van der Waals surface area contributed by atoms with E-state index < -0.39 is 0 Å². The van der Waals surface area contributed by atoms with Gasteiger partial charge in [0.05, 0.1) is 10.2 Å². The number of carbonyl (C=O) groups is 1. The molecule has 23 heavy (non-hydrogen) atoms. The van der Waals surface area contributed by atoms with Crippen LogP contribution in [-0.4, -0.2) is 46.8 Å². The minimum atomic E-state index is -0.306. The largest absolute Gasteiger partial charge is 0.336 e. The van der Waals surface area contributed by atoms with Crippen molar-refractivity contribution in [3.8, 4) is 5.69 Å². The molecule has 0 spiro atoms. The average Bonchev–Trinajstić information content (AvgIpc) is 3.16. The minimum absolute atomic E-state index is 0. The molecule has 1 N–H and O–H groups in total. The second-order valence-electron chi connectivity index (χ2n) is 5.31. The van der Waals surface area contributed by atoms with Crippen molar-refractivity contribution in [2.45, 2.75) is 12.5 Å². The highest BCUT2D eigenvalue weighted by Gasteiger charge is 2.27. The van der Waals surface area contributed by atoms with E-state index in [4.69, 9.17) is 0 Å². The molecule has 1 aliphatic rings. The lowest BCUT2D eigenvalue weighted by molar-refractivity contribution is 0.0736. The molecule has 0 aliphatic carbocycles. The van der Waals surface area contributed by atoms with E-state index in [0.717, 1.165) is 19.5 Å². The second kappa shape index (κ2) is 7.42. The Morgan fingerprint density at radius 3 is 2.74 bits per heavy atom. The zero-order chi connectivity index (χ0) is 15.7. The highest BCUT2D eigenvalue weighted by Crippen LogP contribution is 2.21. The van der Waals surface area contributed by atoms with E-state index in [-0.39, 0.29) is 30.2 Å². The molecule has 1 aliphatic heterocycles. The van der Waals surface area contributed by atoms with Crippen molar-refractivity contribution < 1.29 is 9.18 Å². The molecule has 2 heterocycles. The zero-order valence-corrected chi connectivity index (χ0v) is 14.9. The number of nitrogens with zero attached hydrogens (tertiary/aromatic N) is 3. The van der Waals surface area contributed by atoms with E-state index in [2.05, 4.69) is 26.3 Å². The maximum Gasteiger partial charge on any atom is 0.275 e. The van der Waals surface area contributed by atoms with Gasteiger partial charge < -0.3 is 10.2 Å². The summed E-state index contributed by atoms with van der Waals surface area (Å²) in [5.41, 5.74) is 1.06. The van der Waals surface area contributed by atoms with Gasteiger partial charge in [0.2, 0.25) is 0 Å². The van der Waals surface area contributed by atoms with Gasteiger partial charge in [0.1, 0.15) is 5.82 Å². The number of aromatic nitrogens is 2. The van der Waals surface area contributed by atoms with Crippen molar-refractivity contribution in [1.29, 1.82) is 0 Å². The summed E-state index contributed by atoms with van der Waals surface area (Å²) in [4.78, 5) is 14.3. The predicted octanol–water partition coefficient (Wildman–Crippen LogP) is 2.63. The lowest BCUT2D eigenvalue weighted by Crippen LogP contribution is -2.38. The van der Waals surface area contributed by atoms with Crippen LogP contribution >= 0.6 is 28.3 Å². The van der Waals surface area contributed by atoms with Gasteiger partial charge in [-0.25, -0.2) is 9.07 Å². The number of hydrogen-bond acceptors (Lipinski definition) is 3. The molecule has 2 aromatic rings. The first kappa shape index (κ1) is 17.9. The summed E-state index contributed by atoms with van der Waals surface area (Å²) in [6.07, 6.45) is 2.65. The molecule has 1 fully saturated rings.